The molecule has 0 heterocycles. The summed E-state index contributed by atoms with van der Waals surface area (Å²) in [6.45, 7) is 4.47. The Morgan fingerprint density at radius 1 is 1.28 bits per heavy atom. The van der Waals surface area contributed by atoms with Crippen molar-refractivity contribution >= 4 is 5.97 Å². The molecule has 0 N–H and O–H groups in total. The van der Waals surface area contributed by atoms with E-state index in [9.17, 15) is 4.79 Å². The van der Waals surface area contributed by atoms with E-state index >= 15 is 0 Å². The summed E-state index contributed by atoms with van der Waals surface area (Å²) in [5, 5.41) is 0. The van der Waals surface area contributed by atoms with Gasteiger partial charge in [0.15, 0.2) is 0 Å². The lowest BCUT2D eigenvalue weighted by Crippen LogP contribution is -2.42. The Balaban J connectivity index is 2.93. The van der Waals surface area contributed by atoms with E-state index in [1.165, 1.54) is 7.11 Å². The van der Waals surface area contributed by atoms with E-state index in [0.717, 1.165) is 6.42 Å². The molecule has 0 aromatic rings. The summed E-state index contributed by atoms with van der Waals surface area (Å²) >= 11 is 0. The van der Waals surface area contributed by atoms with Crippen LogP contribution in [0.4, 0.5) is 0 Å². The van der Waals surface area contributed by atoms with Crippen LogP contribution in [0.3, 0.4) is 0 Å². The zero-order valence-corrected chi connectivity index (χ0v) is 11.9. The van der Waals surface area contributed by atoms with E-state index in [-0.39, 0.29) is 23.9 Å². The van der Waals surface area contributed by atoms with Gasteiger partial charge in [0.2, 0.25) is 0 Å². The van der Waals surface area contributed by atoms with Crippen molar-refractivity contribution in [2.24, 2.45) is 17.3 Å². The largest absolute Gasteiger partial charge is 0.469 e. The summed E-state index contributed by atoms with van der Waals surface area (Å²) in [4.78, 5) is 11.9. The van der Waals surface area contributed by atoms with Gasteiger partial charge < -0.3 is 14.2 Å². The summed E-state index contributed by atoms with van der Waals surface area (Å²) in [6.07, 6.45) is 5.01. The quantitative estimate of drug-likeness (QED) is 0.558. The minimum absolute atomic E-state index is 0.0621. The summed E-state index contributed by atoms with van der Waals surface area (Å²) < 4.78 is 15.5. The smallest absolute Gasteiger partial charge is 0.311 e. The molecule has 0 saturated carbocycles. The number of hydrogen-bond donors (Lipinski definition) is 0. The summed E-state index contributed by atoms with van der Waals surface area (Å²) in [7, 11) is 4.80. The fourth-order valence-electron chi connectivity index (χ4n) is 2.69. The van der Waals surface area contributed by atoms with Gasteiger partial charge in [-0.1, -0.05) is 12.2 Å². The van der Waals surface area contributed by atoms with Crippen LogP contribution in [-0.2, 0) is 19.0 Å². The second-order valence-electron chi connectivity index (χ2n) is 5.33. The lowest BCUT2D eigenvalue weighted by molar-refractivity contribution is -0.156. The van der Waals surface area contributed by atoms with Crippen molar-refractivity contribution in [3.8, 4) is 0 Å². The van der Waals surface area contributed by atoms with Gasteiger partial charge in [-0.25, -0.2) is 0 Å². The predicted octanol–water partition coefficient (Wildman–Crippen LogP) is 2.04. The number of methoxy groups -OCH3 is 3. The molecule has 0 spiro atoms. The molecule has 0 bridgehead atoms. The van der Waals surface area contributed by atoms with E-state index in [4.69, 9.17) is 14.2 Å². The van der Waals surface area contributed by atoms with Crippen molar-refractivity contribution in [1.29, 1.82) is 0 Å². The zero-order chi connectivity index (χ0) is 13.8. The molecule has 4 nitrogen and oxygen atoms in total. The molecule has 0 fully saturated rings. The van der Waals surface area contributed by atoms with Crippen molar-refractivity contribution in [2.45, 2.75) is 26.4 Å². The van der Waals surface area contributed by atoms with Crippen LogP contribution in [-0.4, -0.2) is 40.0 Å². The Labute approximate surface area is 109 Å². The Hall–Kier alpha value is -0.870. The van der Waals surface area contributed by atoms with Gasteiger partial charge in [-0.3, -0.25) is 4.79 Å². The van der Waals surface area contributed by atoms with Crippen molar-refractivity contribution in [3.63, 3.8) is 0 Å². The Morgan fingerprint density at radius 2 is 1.94 bits per heavy atom. The van der Waals surface area contributed by atoms with Crippen LogP contribution in [0.1, 0.15) is 20.3 Å². The maximum absolute atomic E-state index is 11.9. The standard InChI is InChI=1S/C14H24O4/c1-14(2,13(15)18-5)12-8-11(17-4)7-6-10(12)9-16-3/h6-7,10-12H,8-9H2,1-5H3/t10-,11+,12-/m1/s1. The van der Waals surface area contributed by atoms with Crippen LogP contribution in [0, 0.1) is 17.3 Å². The van der Waals surface area contributed by atoms with E-state index in [1.54, 1.807) is 14.2 Å². The third kappa shape index (κ3) is 3.12. The van der Waals surface area contributed by atoms with Gasteiger partial charge in [-0.05, 0) is 26.2 Å². The minimum Gasteiger partial charge on any atom is -0.469 e. The number of hydrogen-bond acceptors (Lipinski definition) is 4. The third-order valence-electron chi connectivity index (χ3n) is 3.88. The SMILES string of the molecule is COC[C@H]1C=C[C@H](OC)C[C@H]1C(C)(C)C(=O)OC. The van der Waals surface area contributed by atoms with Gasteiger partial charge in [0, 0.05) is 20.1 Å². The molecule has 0 radical (unpaired) electrons. The summed E-state index contributed by atoms with van der Waals surface area (Å²) in [5.41, 5.74) is -0.542. The monoisotopic (exact) mass is 256 g/mol. The summed E-state index contributed by atoms with van der Waals surface area (Å²) in [5.74, 6) is 0.189. The fourth-order valence-corrected chi connectivity index (χ4v) is 2.69. The van der Waals surface area contributed by atoms with Crippen LogP contribution < -0.4 is 0 Å². The molecule has 0 aromatic carbocycles. The number of rotatable bonds is 5. The molecular weight excluding hydrogens is 232 g/mol. The Kier molecular flexibility index (Phi) is 5.35. The maximum atomic E-state index is 11.9. The first-order valence-electron chi connectivity index (χ1n) is 6.25. The lowest BCUT2D eigenvalue weighted by Gasteiger charge is -2.40. The van der Waals surface area contributed by atoms with Crippen molar-refractivity contribution < 1.29 is 19.0 Å². The van der Waals surface area contributed by atoms with E-state index < -0.39 is 5.41 Å². The first-order valence-corrected chi connectivity index (χ1v) is 6.25. The molecule has 0 unspecified atom stereocenters. The molecule has 0 aromatic heterocycles. The van der Waals surface area contributed by atoms with Crippen LogP contribution in [0.2, 0.25) is 0 Å². The normalized spacial score (nSPS) is 28.2. The number of carbonyl (C=O) groups is 1. The molecule has 4 heteroatoms. The highest BCUT2D eigenvalue weighted by molar-refractivity contribution is 5.76. The van der Waals surface area contributed by atoms with Crippen LogP contribution in [0.25, 0.3) is 0 Å². The second-order valence-corrected chi connectivity index (χ2v) is 5.33. The molecular formula is C14H24O4. The Morgan fingerprint density at radius 3 is 2.44 bits per heavy atom. The average molecular weight is 256 g/mol. The van der Waals surface area contributed by atoms with Crippen LogP contribution in [0.5, 0.6) is 0 Å². The zero-order valence-electron chi connectivity index (χ0n) is 11.9. The first-order chi connectivity index (χ1) is 8.47. The lowest BCUT2D eigenvalue weighted by atomic mass is 9.67. The number of ether oxygens (including phenoxy) is 3. The van der Waals surface area contributed by atoms with Crippen molar-refractivity contribution in [1.82, 2.24) is 0 Å². The highest BCUT2D eigenvalue weighted by Gasteiger charge is 2.43. The van der Waals surface area contributed by atoms with E-state index in [2.05, 4.69) is 6.08 Å². The highest BCUT2D eigenvalue weighted by atomic mass is 16.5. The molecule has 104 valence electrons. The second kappa shape index (κ2) is 6.34. The molecule has 1 aliphatic rings. The maximum Gasteiger partial charge on any atom is 0.311 e. The molecule has 0 aliphatic heterocycles. The molecule has 1 aliphatic carbocycles. The molecule has 0 saturated heterocycles. The summed E-state index contributed by atoms with van der Waals surface area (Å²) in [6, 6.07) is 0. The van der Waals surface area contributed by atoms with E-state index in [1.807, 2.05) is 19.9 Å². The van der Waals surface area contributed by atoms with Gasteiger partial charge in [-0.15, -0.1) is 0 Å². The fraction of sp³-hybridized carbons (Fsp3) is 0.786. The van der Waals surface area contributed by atoms with Gasteiger partial charge in [0.25, 0.3) is 0 Å². The number of carbonyl (C=O) groups excluding carboxylic acids is 1. The predicted molar refractivity (Wildman–Crippen MR) is 69.2 cm³/mol. The number of esters is 1. The van der Waals surface area contributed by atoms with Gasteiger partial charge >= 0.3 is 5.97 Å². The highest BCUT2D eigenvalue weighted by Crippen LogP contribution is 2.41. The molecule has 0 amide bonds. The van der Waals surface area contributed by atoms with Gasteiger partial charge in [0.05, 0.1) is 25.2 Å². The molecule has 18 heavy (non-hydrogen) atoms. The average Bonchev–Trinajstić information content (AvgIpc) is 2.38. The first kappa shape index (κ1) is 15.2. The van der Waals surface area contributed by atoms with Crippen LogP contribution >= 0.6 is 0 Å². The van der Waals surface area contributed by atoms with E-state index in [0.29, 0.717) is 6.61 Å². The minimum atomic E-state index is -0.542. The topological polar surface area (TPSA) is 44.8 Å². The Bertz CT molecular complexity index is 309. The van der Waals surface area contributed by atoms with Gasteiger partial charge in [-0.2, -0.15) is 0 Å². The van der Waals surface area contributed by atoms with Crippen molar-refractivity contribution in [3.05, 3.63) is 12.2 Å². The molecule has 1 rings (SSSR count). The molecule has 3 atom stereocenters. The third-order valence-corrected chi connectivity index (χ3v) is 3.88. The van der Waals surface area contributed by atoms with Crippen molar-refractivity contribution in [2.75, 3.05) is 27.9 Å². The van der Waals surface area contributed by atoms with Gasteiger partial charge in [0.1, 0.15) is 0 Å². The van der Waals surface area contributed by atoms with Crippen LogP contribution in [0.15, 0.2) is 12.2 Å².